The lowest BCUT2D eigenvalue weighted by Crippen LogP contribution is -2.29. The molecule has 0 fully saturated rings. The van der Waals surface area contributed by atoms with Crippen LogP contribution in [0.5, 0.6) is 0 Å². The van der Waals surface area contributed by atoms with Gasteiger partial charge < -0.3 is 10.6 Å². The van der Waals surface area contributed by atoms with Crippen LogP contribution in [0.4, 0.5) is 23.7 Å². The Labute approximate surface area is 188 Å². The van der Waals surface area contributed by atoms with Gasteiger partial charge in [-0.3, -0.25) is 0 Å². The van der Waals surface area contributed by atoms with E-state index in [-0.39, 0.29) is 18.8 Å². The second-order valence-corrected chi connectivity index (χ2v) is 9.20. The van der Waals surface area contributed by atoms with E-state index in [1.807, 2.05) is 13.0 Å². The van der Waals surface area contributed by atoms with Crippen molar-refractivity contribution in [3.05, 3.63) is 77.1 Å². The minimum absolute atomic E-state index is 0.107. The molecule has 0 bridgehead atoms. The fourth-order valence-electron chi connectivity index (χ4n) is 2.93. The fourth-order valence-corrected chi connectivity index (χ4v) is 3.36. The molecule has 1 aromatic heterocycles. The van der Waals surface area contributed by atoms with E-state index in [0.29, 0.717) is 16.9 Å². The number of sulfonamides is 1. The molecule has 0 saturated heterocycles. The van der Waals surface area contributed by atoms with Gasteiger partial charge in [0, 0.05) is 12.2 Å². The lowest BCUT2D eigenvalue weighted by molar-refractivity contribution is -0.141. The molecule has 0 spiro atoms. The van der Waals surface area contributed by atoms with E-state index in [4.69, 9.17) is 0 Å². The summed E-state index contributed by atoms with van der Waals surface area (Å²) in [5.74, 6) is 0. The Bertz CT molecular complexity index is 1240. The first kappa shape index (κ1) is 24.3. The second kappa shape index (κ2) is 9.63. The monoisotopic (exact) mass is 481 g/mol. The third-order valence-electron chi connectivity index (χ3n) is 4.50. The first-order valence-electron chi connectivity index (χ1n) is 9.72. The van der Waals surface area contributed by atoms with Gasteiger partial charge >= 0.3 is 12.2 Å². The molecule has 2 aromatic carbocycles. The van der Waals surface area contributed by atoms with Gasteiger partial charge in [0.1, 0.15) is 0 Å². The summed E-state index contributed by atoms with van der Waals surface area (Å²) >= 11 is 0. The number of aromatic nitrogens is 2. The maximum Gasteiger partial charge on any atom is 0.435 e. The van der Waals surface area contributed by atoms with Crippen LogP contribution in [0.3, 0.4) is 0 Å². The molecular formula is C21H22F3N5O3S. The number of anilines is 1. The zero-order valence-corrected chi connectivity index (χ0v) is 18.6. The first-order valence-corrected chi connectivity index (χ1v) is 11.6. The number of nitrogens with one attached hydrogen (secondary N) is 3. The third kappa shape index (κ3) is 7.05. The van der Waals surface area contributed by atoms with Gasteiger partial charge in [-0.1, -0.05) is 24.3 Å². The van der Waals surface area contributed by atoms with Crippen LogP contribution in [-0.2, 0) is 29.3 Å². The molecule has 8 nitrogen and oxygen atoms in total. The molecule has 0 aliphatic rings. The van der Waals surface area contributed by atoms with Crippen molar-refractivity contribution >= 4 is 21.7 Å². The van der Waals surface area contributed by atoms with Crippen LogP contribution in [0.1, 0.15) is 22.5 Å². The molecule has 0 radical (unpaired) electrons. The van der Waals surface area contributed by atoms with Crippen molar-refractivity contribution in [1.29, 1.82) is 0 Å². The molecule has 12 heteroatoms. The molecule has 0 aliphatic carbocycles. The lowest BCUT2D eigenvalue weighted by atomic mass is 10.2. The number of benzene rings is 2. The Morgan fingerprint density at radius 3 is 2.36 bits per heavy atom. The molecule has 176 valence electrons. The van der Waals surface area contributed by atoms with Crippen LogP contribution < -0.4 is 15.4 Å². The van der Waals surface area contributed by atoms with Gasteiger partial charge in [-0.05, 0) is 48.4 Å². The Kier molecular flexibility index (Phi) is 7.08. The van der Waals surface area contributed by atoms with Gasteiger partial charge in [-0.2, -0.15) is 18.3 Å². The second-order valence-electron chi connectivity index (χ2n) is 7.37. The zero-order valence-electron chi connectivity index (χ0n) is 17.8. The smallest absolute Gasteiger partial charge is 0.332 e. The number of carbonyl (C=O) groups excluding carboxylic acids is 1. The van der Waals surface area contributed by atoms with Crippen LogP contribution >= 0.6 is 0 Å². The summed E-state index contributed by atoms with van der Waals surface area (Å²) in [7, 11) is -3.33. The highest BCUT2D eigenvalue weighted by molar-refractivity contribution is 7.88. The van der Waals surface area contributed by atoms with E-state index < -0.39 is 27.9 Å². The molecule has 1 heterocycles. The number of nitrogens with zero attached hydrogens (tertiary/aromatic N) is 2. The number of rotatable bonds is 7. The van der Waals surface area contributed by atoms with Crippen LogP contribution in [-0.4, -0.2) is 30.5 Å². The van der Waals surface area contributed by atoms with Crippen LogP contribution in [0.25, 0.3) is 5.69 Å². The average Bonchev–Trinajstić information content (AvgIpc) is 3.16. The number of hydrogen-bond donors (Lipinski definition) is 3. The number of amides is 2. The largest absolute Gasteiger partial charge is 0.435 e. The van der Waals surface area contributed by atoms with Crippen LogP contribution in [0, 0.1) is 6.92 Å². The van der Waals surface area contributed by atoms with Crippen molar-refractivity contribution in [2.45, 2.75) is 26.2 Å². The van der Waals surface area contributed by atoms with Gasteiger partial charge in [-0.15, -0.1) is 0 Å². The Morgan fingerprint density at radius 1 is 1.06 bits per heavy atom. The fraction of sp³-hybridized carbons (Fsp3) is 0.238. The molecule has 0 saturated carbocycles. The minimum Gasteiger partial charge on any atom is -0.332 e. The van der Waals surface area contributed by atoms with Gasteiger partial charge in [0.25, 0.3) is 0 Å². The predicted octanol–water partition coefficient (Wildman–Crippen LogP) is 3.57. The summed E-state index contributed by atoms with van der Waals surface area (Å²) in [6.07, 6.45) is -3.57. The van der Waals surface area contributed by atoms with Crippen LogP contribution in [0.15, 0.2) is 54.6 Å². The summed E-state index contributed by atoms with van der Waals surface area (Å²) in [6, 6.07) is 13.5. The van der Waals surface area contributed by atoms with Gasteiger partial charge in [0.05, 0.1) is 24.2 Å². The van der Waals surface area contributed by atoms with E-state index in [2.05, 4.69) is 20.5 Å². The zero-order chi connectivity index (χ0) is 24.2. The van der Waals surface area contributed by atoms with E-state index >= 15 is 0 Å². The number of carbonyl (C=O) groups is 1. The quantitative estimate of drug-likeness (QED) is 0.480. The van der Waals surface area contributed by atoms with Crippen LogP contribution in [0.2, 0.25) is 0 Å². The molecule has 3 N–H and O–H groups in total. The van der Waals surface area contributed by atoms with Crippen molar-refractivity contribution in [1.82, 2.24) is 19.8 Å². The topological polar surface area (TPSA) is 105 Å². The lowest BCUT2D eigenvalue weighted by Gasteiger charge is -2.11. The highest BCUT2D eigenvalue weighted by Gasteiger charge is 2.35. The van der Waals surface area contributed by atoms with Crippen molar-refractivity contribution in [3.63, 3.8) is 0 Å². The summed E-state index contributed by atoms with van der Waals surface area (Å²) in [6.45, 7) is 1.72. The molecule has 3 rings (SSSR count). The van der Waals surface area contributed by atoms with E-state index in [1.54, 1.807) is 42.5 Å². The van der Waals surface area contributed by atoms with Gasteiger partial charge in [0.15, 0.2) is 5.69 Å². The summed E-state index contributed by atoms with van der Waals surface area (Å²) < 4.78 is 65.4. The van der Waals surface area contributed by atoms with Crippen molar-refractivity contribution in [2.75, 3.05) is 11.6 Å². The van der Waals surface area contributed by atoms with Crippen molar-refractivity contribution in [2.24, 2.45) is 0 Å². The normalized spacial score (nSPS) is 11.9. The standard InChI is InChI=1S/C21H22F3N5O3S/c1-14-4-3-5-17(10-14)29-18(11-19(28-29)21(22,23)24)13-25-20(30)27-16-8-6-15(7-9-16)12-26-33(2,31)32/h3-11,26H,12-13H2,1-2H3,(H2,25,27,30). The number of halogens is 3. The summed E-state index contributed by atoms with van der Waals surface area (Å²) in [5.41, 5.74) is 1.51. The van der Waals surface area contributed by atoms with E-state index in [1.165, 1.54) is 0 Å². The molecule has 3 aromatic rings. The third-order valence-corrected chi connectivity index (χ3v) is 5.17. The summed E-state index contributed by atoms with van der Waals surface area (Å²) in [5, 5.41) is 8.77. The maximum absolute atomic E-state index is 13.2. The number of urea groups is 1. The highest BCUT2D eigenvalue weighted by Crippen LogP contribution is 2.29. The van der Waals surface area contributed by atoms with Gasteiger partial charge in [0.2, 0.25) is 10.0 Å². The Hall–Kier alpha value is -3.38. The predicted molar refractivity (Wildman–Crippen MR) is 117 cm³/mol. The highest BCUT2D eigenvalue weighted by atomic mass is 32.2. The maximum atomic E-state index is 13.2. The number of hydrogen-bond acceptors (Lipinski definition) is 4. The van der Waals surface area contributed by atoms with Crippen molar-refractivity contribution < 1.29 is 26.4 Å². The SMILES string of the molecule is Cc1cccc(-n2nc(C(F)(F)F)cc2CNC(=O)Nc2ccc(CNS(C)(=O)=O)cc2)c1. The summed E-state index contributed by atoms with van der Waals surface area (Å²) in [4.78, 5) is 12.3. The first-order chi connectivity index (χ1) is 15.4. The molecular weight excluding hydrogens is 459 g/mol. The molecule has 2 amide bonds. The number of aryl methyl sites for hydroxylation is 1. The molecule has 0 aliphatic heterocycles. The van der Waals surface area contributed by atoms with Gasteiger partial charge in [-0.25, -0.2) is 22.6 Å². The Balaban J connectivity index is 1.68. The Morgan fingerprint density at radius 2 is 1.76 bits per heavy atom. The number of alkyl halides is 3. The van der Waals surface area contributed by atoms with E-state index in [9.17, 15) is 26.4 Å². The average molecular weight is 482 g/mol. The minimum atomic E-state index is -4.63. The molecule has 0 atom stereocenters. The molecule has 33 heavy (non-hydrogen) atoms. The van der Waals surface area contributed by atoms with Crippen molar-refractivity contribution in [3.8, 4) is 5.69 Å². The van der Waals surface area contributed by atoms with E-state index in [0.717, 1.165) is 22.6 Å². The molecule has 0 unspecified atom stereocenters.